The number of anilines is 3. The van der Waals surface area contributed by atoms with E-state index in [1.54, 1.807) is 13.3 Å². The van der Waals surface area contributed by atoms with E-state index in [9.17, 15) is 0 Å². The lowest BCUT2D eigenvalue weighted by molar-refractivity contribution is 0.415. The Hall–Kier alpha value is -3.64. The van der Waals surface area contributed by atoms with Crippen molar-refractivity contribution in [2.45, 2.75) is 0 Å². The van der Waals surface area contributed by atoms with Gasteiger partial charge in [-0.2, -0.15) is 5.10 Å². The molecule has 0 aliphatic carbocycles. The van der Waals surface area contributed by atoms with Crippen LogP contribution in [0.2, 0.25) is 0 Å². The van der Waals surface area contributed by atoms with Crippen LogP contribution in [-0.4, -0.2) is 25.4 Å². The van der Waals surface area contributed by atoms with Crippen molar-refractivity contribution in [3.63, 3.8) is 0 Å². The average molecular weight is 415 g/mol. The molecule has 0 aliphatic rings. The van der Waals surface area contributed by atoms with Gasteiger partial charge in [-0.3, -0.25) is 5.43 Å². The molecule has 0 bridgehead atoms. The van der Waals surface area contributed by atoms with Crippen LogP contribution in [-0.2, 0) is 0 Å². The van der Waals surface area contributed by atoms with Gasteiger partial charge in [-0.25, -0.2) is 4.98 Å². The Morgan fingerprint density at radius 3 is 2.27 bits per heavy atom. The normalized spacial score (nSPS) is 10.9. The third kappa shape index (κ3) is 4.67. The summed E-state index contributed by atoms with van der Waals surface area (Å²) in [6.07, 6.45) is 1.79. The predicted molar refractivity (Wildman–Crippen MR) is 126 cm³/mol. The van der Waals surface area contributed by atoms with Gasteiger partial charge in [0, 0.05) is 29.4 Å². The standard InChI is InChI=1S/C24H22N4OS/c1-28(21-12-14-22(29-2)15-13-21)20-10-8-18(9-11-20)16-25-27-24-26-23(17-30-24)19-6-4-3-5-7-19/h3-17H,1-2H3,(H,26,27). The highest BCUT2D eigenvalue weighted by Gasteiger charge is 2.05. The van der Waals surface area contributed by atoms with E-state index in [4.69, 9.17) is 4.74 Å². The highest BCUT2D eigenvalue weighted by atomic mass is 32.1. The minimum absolute atomic E-state index is 0.765. The summed E-state index contributed by atoms with van der Waals surface area (Å²) in [6, 6.07) is 26.3. The van der Waals surface area contributed by atoms with E-state index in [0.717, 1.165) is 39.1 Å². The second kappa shape index (κ2) is 9.24. The first-order valence-electron chi connectivity index (χ1n) is 9.51. The first-order chi connectivity index (χ1) is 14.7. The van der Waals surface area contributed by atoms with Crippen molar-refractivity contribution in [2.75, 3.05) is 24.5 Å². The number of nitrogens with one attached hydrogen (secondary N) is 1. The molecular weight excluding hydrogens is 392 g/mol. The summed E-state index contributed by atoms with van der Waals surface area (Å²) < 4.78 is 5.22. The highest BCUT2D eigenvalue weighted by Crippen LogP contribution is 2.26. The number of aromatic nitrogens is 1. The van der Waals surface area contributed by atoms with E-state index in [0.29, 0.717) is 0 Å². The zero-order valence-electron chi connectivity index (χ0n) is 16.8. The van der Waals surface area contributed by atoms with Crippen molar-refractivity contribution in [2.24, 2.45) is 5.10 Å². The average Bonchev–Trinajstić information content (AvgIpc) is 3.29. The topological polar surface area (TPSA) is 49.8 Å². The van der Waals surface area contributed by atoms with Gasteiger partial charge in [-0.15, -0.1) is 11.3 Å². The summed E-state index contributed by atoms with van der Waals surface area (Å²) >= 11 is 1.53. The highest BCUT2D eigenvalue weighted by molar-refractivity contribution is 7.14. The molecule has 1 N–H and O–H groups in total. The molecule has 0 fully saturated rings. The minimum atomic E-state index is 0.765. The van der Waals surface area contributed by atoms with Crippen LogP contribution >= 0.6 is 11.3 Å². The van der Waals surface area contributed by atoms with E-state index < -0.39 is 0 Å². The quantitative estimate of drug-likeness (QED) is 0.296. The number of nitrogens with zero attached hydrogens (tertiary/aromatic N) is 3. The Bertz CT molecular complexity index is 1110. The maximum Gasteiger partial charge on any atom is 0.203 e. The smallest absolute Gasteiger partial charge is 0.203 e. The maximum absolute atomic E-state index is 5.22. The van der Waals surface area contributed by atoms with Crippen LogP contribution in [0.1, 0.15) is 5.56 Å². The largest absolute Gasteiger partial charge is 0.497 e. The van der Waals surface area contributed by atoms with E-state index in [2.05, 4.69) is 32.5 Å². The molecule has 0 spiro atoms. The molecule has 150 valence electrons. The fourth-order valence-electron chi connectivity index (χ4n) is 2.97. The van der Waals surface area contributed by atoms with Crippen molar-refractivity contribution in [1.29, 1.82) is 0 Å². The lowest BCUT2D eigenvalue weighted by atomic mass is 10.2. The summed E-state index contributed by atoms with van der Waals surface area (Å²) in [7, 11) is 3.71. The van der Waals surface area contributed by atoms with E-state index in [-0.39, 0.29) is 0 Å². The Morgan fingerprint density at radius 1 is 0.933 bits per heavy atom. The van der Waals surface area contributed by atoms with Gasteiger partial charge in [0.05, 0.1) is 19.0 Å². The Balaban J connectivity index is 1.37. The van der Waals surface area contributed by atoms with Gasteiger partial charge in [-0.1, -0.05) is 42.5 Å². The molecular formula is C24H22N4OS. The number of hydrogen-bond donors (Lipinski definition) is 1. The van der Waals surface area contributed by atoms with Crippen LogP contribution in [0.3, 0.4) is 0 Å². The molecule has 30 heavy (non-hydrogen) atoms. The molecule has 4 rings (SSSR count). The first-order valence-corrected chi connectivity index (χ1v) is 10.4. The summed E-state index contributed by atoms with van der Waals surface area (Å²) in [5.41, 5.74) is 8.26. The SMILES string of the molecule is COc1ccc(N(C)c2ccc(C=NNc3nc(-c4ccccc4)cs3)cc2)cc1. The van der Waals surface area contributed by atoms with Crippen molar-refractivity contribution in [3.8, 4) is 17.0 Å². The minimum Gasteiger partial charge on any atom is -0.497 e. The molecule has 0 atom stereocenters. The fourth-order valence-corrected chi connectivity index (χ4v) is 3.64. The van der Waals surface area contributed by atoms with Gasteiger partial charge in [0.15, 0.2) is 0 Å². The van der Waals surface area contributed by atoms with Gasteiger partial charge in [0.25, 0.3) is 0 Å². The lowest BCUT2D eigenvalue weighted by Gasteiger charge is -2.19. The summed E-state index contributed by atoms with van der Waals surface area (Å²) in [5.74, 6) is 0.849. The number of hydrogen-bond acceptors (Lipinski definition) is 6. The first kappa shape index (κ1) is 19.7. The Kier molecular flexibility index (Phi) is 6.06. The Morgan fingerprint density at radius 2 is 1.60 bits per heavy atom. The molecule has 0 unspecified atom stereocenters. The number of methoxy groups -OCH3 is 1. The van der Waals surface area contributed by atoms with E-state index in [1.165, 1.54) is 11.3 Å². The monoisotopic (exact) mass is 414 g/mol. The Labute approximate surface area is 180 Å². The van der Waals surface area contributed by atoms with Gasteiger partial charge in [0.2, 0.25) is 5.13 Å². The molecule has 0 aliphatic heterocycles. The molecule has 1 heterocycles. The number of thiazole rings is 1. The second-order valence-corrected chi connectivity index (χ2v) is 7.48. The van der Waals surface area contributed by atoms with E-state index >= 15 is 0 Å². The summed E-state index contributed by atoms with van der Waals surface area (Å²) in [5, 5.41) is 7.11. The van der Waals surface area contributed by atoms with Gasteiger partial charge < -0.3 is 9.64 Å². The van der Waals surface area contributed by atoms with Crippen molar-refractivity contribution >= 4 is 34.1 Å². The molecule has 0 radical (unpaired) electrons. The third-order valence-electron chi connectivity index (χ3n) is 4.69. The molecule has 1 aromatic heterocycles. The molecule has 6 heteroatoms. The number of rotatable bonds is 7. The summed E-state index contributed by atoms with van der Waals surface area (Å²) in [6.45, 7) is 0. The van der Waals surface area contributed by atoms with Crippen molar-refractivity contribution in [1.82, 2.24) is 4.98 Å². The zero-order chi connectivity index (χ0) is 20.8. The van der Waals surface area contributed by atoms with Crippen LogP contribution in [0.5, 0.6) is 5.75 Å². The molecule has 3 aromatic carbocycles. The van der Waals surface area contributed by atoms with Gasteiger partial charge >= 0.3 is 0 Å². The van der Waals surface area contributed by atoms with E-state index in [1.807, 2.05) is 79.2 Å². The van der Waals surface area contributed by atoms with Crippen molar-refractivity contribution < 1.29 is 4.74 Å². The second-order valence-electron chi connectivity index (χ2n) is 6.62. The zero-order valence-corrected chi connectivity index (χ0v) is 17.6. The summed E-state index contributed by atoms with van der Waals surface area (Å²) in [4.78, 5) is 6.70. The molecule has 5 nitrogen and oxygen atoms in total. The third-order valence-corrected chi connectivity index (χ3v) is 5.43. The lowest BCUT2D eigenvalue weighted by Crippen LogP contribution is -2.09. The van der Waals surface area contributed by atoms with Crippen LogP contribution in [0.15, 0.2) is 89.3 Å². The van der Waals surface area contributed by atoms with Crippen molar-refractivity contribution in [3.05, 3.63) is 89.8 Å². The molecule has 4 aromatic rings. The van der Waals surface area contributed by atoms with Gasteiger partial charge in [0.1, 0.15) is 5.75 Å². The fraction of sp³-hybridized carbons (Fsp3) is 0.0833. The molecule has 0 amide bonds. The number of ether oxygens (including phenoxy) is 1. The van der Waals surface area contributed by atoms with Crippen LogP contribution in [0.4, 0.5) is 16.5 Å². The van der Waals surface area contributed by atoms with Crippen LogP contribution < -0.4 is 15.1 Å². The van der Waals surface area contributed by atoms with Crippen LogP contribution in [0.25, 0.3) is 11.3 Å². The predicted octanol–water partition coefficient (Wildman–Crippen LogP) is 6.03. The van der Waals surface area contributed by atoms with Gasteiger partial charge in [-0.05, 0) is 42.0 Å². The maximum atomic E-state index is 5.22. The number of benzene rings is 3. The molecule has 0 saturated heterocycles. The van der Waals surface area contributed by atoms with Crippen LogP contribution in [0, 0.1) is 0 Å². The number of hydrazone groups is 1. The molecule has 0 saturated carbocycles.